The number of benzene rings is 2. The third kappa shape index (κ3) is 4.15. The molecular formula is C30H36N4O2. The van der Waals surface area contributed by atoms with Crippen LogP contribution in [-0.2, 0) is 24.1 Å². The zero-order chi connectivity index (χ0) is 24.1. The van der Waals surface area contributed by atoms with E-state index in [0.717, 1.165) is 77.3 Å². The summed E-state index contributed by atoms with van der Waals surface area (Å²) in [4.78, 5) is 9.91. The van der Waals surface area contributed by atoms with Crippen LogP contribution >= 0.6 is 0 Å². The second-order valence-electron chi connectivity index (χ2n) is 11.3. The lowest BCUT2D eigenvalue weighted by atomic mass is 9.61. The number of aliphatic hydroxyl groups is 1. The molecule has 4 heterocycles. The van der Waals surface area contributed by atoms with Gasteiger partial charge in [0.25, 0.3) is 0 Å². The molecule has 3 fully saturated rings. The maximum absolute atomic E-state index is 9.75. The molecular weight excluding hydrogens is 448 g/mol. The molecule has 0 radical (unpaired) electrons. The lowest BCUT2D eigenvalue weighted by molar-refractivity contribution is -0.0463. The Morgan fingerprint density at radius 3 is 2.42 bits per heavy atom. The average Bonchev–Trinajstić information content (AvgIpc) is 3.32. The smallest absolute Gasteiger partial charge is 0.113 e. The minimum absolute atomic E-state index is 0.0510. The number of hydrogen-bond acceptors (Lipinski definition) is 5. The Morgan fingerprint density at radius 2 is 1.67 bits per heavy atom. The molecule has 1 saturated carbocycles. The number of aromatic nitrogens is 2. The Hall–Kier alpha value is -2.67. The van der Waals surface area contributed by atoms with Crippen LogP contribution < -0.4 is 4.90 Å². The maximum Gasteiger partial charge on any atom is 0.113 e. The first-order valence-electron chi connectivity index (χ1n) is 13.7. The minimum Gasteiger partial charge on any atom is -0.393 e. The third-order valence-electron chi connectivity index (χ3n) is 9.00. The number of aryl methyl sites for hydroxylation is 2. The van der Waals surface area contributed by atoms with Crippen molar-refractivity contribution in [1.82, 2.24) is 14.5 Å². The van der Waals surface area contributed by atoms with Gasteiger partial charge < -0.3 is 19.3 Å². The molecule has 0 unspecified atom stereocenters. The summed E-state index contributed by atoms with van der Waals surface area (Å²) in [5.74, 6) is 1.18. The van der Waals surface area contributed by atoms with Gasteiger partial charge >= 0.3 is 0 Å². The van der Waals surface area contributed by atoms with Crippen LogP contribution in [0.1, 0.15) is 42.8 Å². The van der Waals surface area contributed by atoms with E-state index in [-0.39, 0.29) is 6.10 Å². The monoisotopic (exact) mass is 484 g/mol. The lowest BCUT2D eigenvalue weighted by Gasteiger charge is -2.51. The number of piperidine rings is 1. The average molecular weight is 485 g/mol. The first-order chi connectivity index (χ1) is 17.6. The van der Waals surface area contributed by atoms with Crippen LogP contribution in [0.4, 0.5) is 5.69 Å². The number of hydrogen-bond donors (Lipinski definition) is 1. The quantitative estimate of drug-likeness (QED) is 0.601. The van der Waals surface area contributed by atoms with Crippen molar-refractivity contribution in [2.24, 2.45) is 5.41 Å². The highest BCUT2D eigenvalue weighted by molar-refractivity contribution is 5.69. The van der Waals surface area contributed by atoms with E-state index in [1.165, 1.54) is 46.7 Å². The van der Waals surface area contributed by atoms with Gasteiger partial charge in [-0.1, -0.05) is 18.2 Å². The third-order valence-corrected chi connectivity index (χ3v) is 9.00. The molecule has 188 valence electrons. The van der Waals surface area contributed by atoms with Crippen LogP contribution in [0.2, 0.25) is 0 Å². The molecule has 2 aromatic carbocycles. The van der Waals surface area contributed by atoms with Crippen LogP contribution in [0.3, 0.4) is 0 Å². The molecule has 4 aliphatic rings. The maximum atomic E-state index is 9.75. The van der Waals surface area contributed by atoms with Crippen molar-refractivity contribution in [3.05, 3.63) is 65.7 Å². The number of morpholine rings is 1. The van der Waals surface area contributed by atoms with Crippen molar-refractivity contribution in [2.75, 3.05) is 44.3 Å². The van der Waals surface area contributed by atoms with E-state index in [4.69, 9.17) is 9.72 Å². The van der Waals surface area contributed by atoms with Gasteiger partial charge in [0.15, 0.2) is 0 Å². The van der Waals surface area contributed by atoms with E-state index >= 15 is 0 Å². The number of anilines is 1. The molecule has 2 saturated heterocycles. The van der Waals surface area contributed by atoms with Gasteiger partial charge in [-0.2, -0.15) is 0 Å². The van der Waals surface area contributed by atoms with Gasteiger partial charge in [-0.3, -0.25) is 4.90 Å². The van der Waals surface area contributed by atoms with Crippen molar-refractivity contribution in [3.8, 4) is 16.8 Å². The van der Waals surface area contributed by atoms with Crippen molar-refractivity contribution in [2.45, 2.75) is 51.2 Å². The van der Waals surface area contributed by atoms with Gasteiger partial charge in [0.05, 0.1) is 25.0 Å². The van der Waals surface area contributed by atoms with Gasteiger partial charge in [0.2, 0.25) is 0 Å². The molecule has 0 bridgehead atoms. The van der Waals surface area contributed by atoms with E-state index in [0.29, 0.717) is 5.41 Å². The molecule has 6 heteroatoms. The fraction of sp³-hybridized carbons (Fsp3) is 0.500. The second kappa shape index (κ2) is 9.02. The Bertz CT molecular complexity index is 1230. The normalized spacial score (nSPS) is 21.8. The Labute approximate surface area is 213 Å². The van der Waals surface area contributed by atoms with E-state index < -0.39 is 0 Å². The molecule has 0 atom stereocenters. The predicted octanol–water partition coefficient (Wildman–Crippen LogP) is 4.21. The number of nitrogens with zero attached hydrogens (tertiary/aromatic N) is 4. The molecule has 7 rings (SSSR count). The molecule has 1 N–H and O–H groups in total. The van der Waals surface area contributed by atoms with Gasteiger partial charge in [0.1, 0.15) is 5.82 Å². The van der Waals surface area contributed by atoms with Crippen molar-refractivity contribution in [3.63, 3.8) is 0 Å². The summed E-state index contributed by atoms with van der Waals surface area (Å²) in [6.45, 7) is 6.74. The number of fused-ring (bicyclic) bond motifs is 3. The summed E-state index contributed by atoms with van der Waals surface area (Å²) in [7, 11) is 0. The van der Waals surface area contributed by atoms with Crippen LogP contribution in [-0.4, -0.2) is 65.1 Å². The number of imidazole rings is 1. The van der Waals surface area contributed by atoms with Crippen molar-refractivity contribution in [1.29, 1.82) is 0 Å². The topological polar surface area (TPSA) is 53.8 Å². The summed E-state index contributed by atoms with van der Waals surface area (Å²) in [5.41, 5.74) is 8.17. The fourth-order valence-corrected chi connectivity index (χ4v) is 6.82. The van der Waals surface area contributed by atoms with Gasteiger partial charge in [0, 0.05) is 56.7 Å². The SMILES string of the molecule is OC1CC2(CCN(c3ccc(-c4ccc5c(c4)CCc4nc(CN6CCOCC6)cn4-5)cc3)CC2)C1. The molecule has 3 aromatic rings. The van der Waals surface area contributed by atoms with E-state index in [1.54, 1.807) is 0 Å². The summed E-state index contributed by atoms with van der Waals surface area (Å²) in [6, 6.07) is 16.0. The van der Waals surface area contributed by atoms with Crippen molar-refractivity contribution < 1.29 is 9.84 Å². The Kier molecular flexibility index (Phi) is 5.64. The Balaban J connectivity index is 1.05. The first kappa shape index (κ1) is 22.5. The number of rotatable bonds is 4. The predicted molar refractivity (Wildman–Crippen MR) is 142 cm³/mol. The molecule has 36 heavy (non-hydrogen) atoms. The highest BCUT2D eigenvalue weighted by Crippen LogP contribution is 2.49. The lowest BCUT2D eigenvalue weighted by Crippen LogP contribution is -2.49. The summed E-state index contributed by atoms with van der Waals surface area (Å²) >= 11 is 0. The molecule has 0 amide bonds. The van der Waals surface area contributed by atoms with Gasteiger partial charge in [-0.25, -0.2) is 4.98 Å². The molecule has 1 aliphatic carbocycles. The van der Waals surface area contributed by atoms with E-state index in [1.807, 2.05) is 0 Å². The van der Waals surface area contributed by atoms with Crippen LogP contribution in [0.5, 0.6) is 0 Å². The van der Waals surface area contributed by atoms with E-state index in [2.05, 4.69) is 63.0 Å². The van der Waals surface area contributed by atoms with Crippen LogP contribution in [0.15, 0.2) is 48.7 Å². The molecule has 3 aliphatic heterocycles. The number of ether oxygens (including phenoxy) is 1. The van der Waals surface area contributed by atoms with Crippen LogP contribution in [0, 0.1) is 5.41 Å². The van der Waals surface area contributed by atoms with Gasteiger partial charge in [-0.15, -0.1) is 0 Å². The molecule has 1 spiro atoms. The standard InChI is InChI=1S/C30H36N4O2/c35-27-18-30(19-27)9-11-33(12-10-30)26-5-1-22(2-6-26)23-3-7-28-24(17-23)4-8-29-31-25(21-34(28)29)20-32-13-15-36-16-14-32/h1-3,5-7,17,21,27,35H,4,8-16,18-20H2. The summed E-state index contributed by atoms with van der Waals surface area (Å²) in [5, 5.41) is 9.75. The summed E-state index contributed by atoms with van der Waals surface area (Å²) < 4.78 is 7.80. The van der Waals surface area contributed by atoms with Crippen molar-refractivity contribution >= 4 is 5.69 Å². The van der Waals surface area contributed by atoms with Crippen LogP contribution in [0.25, 0.3) is 16.8 Å². The molecule has 6 nitrogen and oxygen atoms in total. The van der Waals surface area contributed by atoms with E-state index in [9.17, 15) is 5.11 Å². The number of aliphatic hydroxyl groups excluding tert-OH is 1. The highest BCUT2D eigenvalue weighted by atomic mass is 16.5. The zero-order valence-electron chi connectivity index (χ0n) is 21.0. The van der Waals surface area contributed by atoms with Gasteiger partial charge in [-0.05, 0) is 78.5 Å². The zero-order valence-corrected chi connectivity index (χ0v) is 21.0. The first-order valence-corrected chi connectivity index (χ1v) is 13.7. The molecule has 1 aromatic heterocycles. The summed E-state index contributed by atoms with van der Waals surface area (Å²) in [6.07, 6.45) is 8.66. The largest absolute Gasteiger partial charge is 0.393 e. The fourth-order valence-electron chi connectivity index (χ4n) is 6.82. The highest BCUT2D eigenvalue weighted by Gasteiger charge is 2.45. The second-order valence-corrected chi connectivity index (χ2v) is 11.3. The minimum atomic E-state index is -0.0510. The Morgan fingerprint density at radius 1 is 0.917 bits per heavy atom.